The van der Waals surface area contributed by atoms with E-state index < -0.39 is 24.0 Å². The summed E-state index contributed by atoms with van der Waals surface area (Å²) >= 11 is 0. The van der Waals surface area contributed by atoms with Crippen molar-refractivity contribution in [3.63, 3.8) is 0 Å². The maximum Gasteiger partial charge on any atom is 0.325 e. The molecule has 34 heavy (non-hydrogen) atoms. The molecule has 1 saturated heterocycles. The van der Waals surface area contributed by atoms with Crippen LogP contribution in [0.15, 0.2) is 54.6 Å². The van der Waals surface area contributed by atoms with Gasteiger partial charge in [0.05, 0.1) is 17.3 Å². The molecule has 1 aliphatic heterocycles. The van der Waals surface area contributed by atoms with Crippen LogP contribution in [-0.4, -0.2) is 40.7 Å². The van der Waals surface area contributed by atoms with Gasteiger partial charge in [0, 0.05) is 0 Å². The number of carbonyl (C=O) groups is 4. The second kappa shape index (κ2) is 10.1. The number of nitrogens with one attached hydrogen (secondary N) is 3. The number of imide groups is 1. The number of benzene rings is 2. The largest absolute Gasteiger partial charge is 0.345 e. The summed E-state index contributed by atoms with van der Waals surface area (Å²) in [7, 11) is 0. The maximum absolute atomic E-state index is 13.1. The number of amides is 5. The Kier molecular flexibility index (Phi) is 6.95. The van der Waals surface area contributed by atoms with Crippen LogP contribution >= 0.6 is 0 Å². The van der Waals surface area contributed by atoms with Crippen LogP contribution in [0.4, 0.5) is 10.5 Å². The van der Waals surface area contributed by atoms with Crippen LogP contribution in [0.2, 0.25) is 0 Å². The molecule has 1 heterocycles. The van der Waals surface area contributed by atoms with Crippen molar-refractivity contribution in [1.82, 2.24) is 15.5 Å². The summed E-state index contributed by atoms with van der Waals surface area (Å²) in [4.78, 5) is 52.3. The van der Waals surface area contributed by atoms with Crippen molar-refractivity contribution in [2.75, 3.05) is 11.9 Å². The molecule has 8 nitrogen and oxygen atoms in total. The standard InChI is InChI=1S/C26H30N4O4/c1-18(19-11-5-4-6-12-19)27-23(32)20-13-7-8-14-21(20)28-22(31)17-30-24(33)26(29-25(30)34)15-9-2-3-10-16-26/h4-8,11-14,18H,2-3,9-10,15-17H2,1H3,(H,27,32)(H,28,31)(H,29,34)/t18-/m0/s1. The Balaban J connectivity index is 1.42. The van der Waals surface area contributed by atoms with Crippen molar-refractivity contribution in [3.8, 4) is 0 Å². The summed E-state index contributed by atoms with van der Waals surface area (Å²) in [5.74, 6) is -1.21. The lowest BCUT2D eigenvalue weighted by atomic mass is 9.90. The molecule has 3 N–H and O–H groups in total. The molecule has 5 amide bonds. The molecule has 1 saturated carbocycles. The molecule has 1 atom stereocenters. The zero-order valence-corrected chi connectivity index (χ0v) is 19.3. The Labute approximate surface area is 199 Å². The molecule has 8 heteroatoms. The van der Waals surface area contributed by atoms with Gasteiger partial charge in [-0.3, -0.25) is 19.3 Å². The van der Waals surface area contributed by atoms with E-state index in [4.69, 9.17) is 0 Å². The van der Waals surface area contributed by atoms with Gasteiger partial charge in [-0.15, -0.1) is 0 Å². The summed E-state index contributed by atoms with van der Waals surface area (Å²) in [6, 6.07) is 15.5. The highest BCUT2D eigenvalue weighted by Gasteiger charge is 2.51. The van der Waals surface area contributed by atoms with Gasteiger partial charge < -0.3 is 16.0 Å². The third kappa shape index (κ3) is 4.95. The van der Waals surface area contributed by atoms with Gasteiger partial charge in [0.15, 0.2) is 0 Å². The minimum absolute atomic E-state index is 0.223. The molecular weight excluding hydrogens is 432 g/mol. The Bertz CT molecular complexity index is 1080. The molecule has 178 valence electrons. The van der Waals surface area contributed by atoms with Crippen LogP contribution in [-0.2, 0) is 9.59 Å². The molecule has 4 rings (SSSR count). The van der Waals surface area contributed by atoms with Gasteiger partial charge in [0.1, 0.15) is 12.1 Å². The van der Waals surface area contributed by atoms with Crippen LogP contribution in [0, 0.1) is 0 Å². The second-order valence-corrected chi connectivity index (χ2v) is 9.02. The summed E-state index contributed by atoms with van der Waals surface area (Å²) < 4.78 is 0. The van der Waals surface area contributed by atoms with E-state index in [0.717, 1.165) is 36.1 Å². The molecular formula is C26H30N4O4. The third-order valence-corrected chi connectivity index (χ3v) is 6.60. The van der Waals surface area contributed by atoms with E-state index in [1.54, 1.807) is 24.3 Å². The van der Waals surface area contributed by atoms with E-state index in [0.29, 0.717) is 24.1 Å². The lowest BCUT2D eigenvalue weighted by molar-refractivity contribution is -0.134. The molecule has 2 fully saturated rings. The van der Waals surface area contributed by atoms with Gasteiger partial charge in [0.2, 0.25) is 5.91 Å². The number of para-hydroxylation sites is 1. The summed E-state index contributed by atoms with van der Waals surface area (Å²) in [5, 5.41) is 8.48. The first-order valence-electron chi connectivity index (χ1n) is 11.8. The quantitative estimate of drug-likeness (QED) is 0.568. The summed E-state index contributed by atoms with van der Waals surface area (Å²) in [5.41, 5.74) is 0.695. The van der Waals surface area contributed by atoms with Crippen molar-refractivity contribution in [3.05, 3.63) is 65.7 Å². The van der Waals surface area contributed by atoms with E-state index in [-0.39, 0.29) is 17.9 Å². The maximum atomic E-state index is 13.1. The predicted molar refractivity (Wildman–Crippen MR) is 128 cm³/mol. The molecule has 1 aliphatic carbocycles. The first-order valence-corrected chi connectivity index (χ1v) is 11.8. The SMILES string of the molecule is C[C@H](NC(=O)c1ccccc1NC(=O)CN1C(=O)NC2(CCCCCC2)C1=O)c1ccccc1. The van der Waals surface area contributed by atoms with Crippen molar-refractivity contribution >= 4 is 29.4 Å². The molecule has 2 aliphatic rings. The second-order valence-electron chi connectivity index (χ2n) is 9.02. The van der Waals surface area contributed by atoms with Crippen molar-refractivity contribution in [2.24, 2.45) is 0 Å². The number of anilines is 1. The average molecular weight is 463 g/mol. The summed E-state index contributed by atoms with van der Waals surface area (Å²) in [6.07, 6.45) is 5.00. The normalized spacial score (nSPS) is 18.2. The molecule has 0 aromatic heterocycles. The van der Waals surface area contributed by atoms with E-state index in [1.807, 2.05) is 37.3 Å². The molecule has 0 unspecified atom stereocenters. The number of rotatable bonds is 6. The highest BCUT2D eigenvalue weighted by molar-refractivity contribution is 6.11. The zero-order valence-electron chi connectivity index (χ0n) is 19.3. The minimum atomic E-state index is -0.890. The van der Waals surface area contributed by atoms with Crippen molar-refractivity contribution < 1.29 is 19.2 Å². The average Bonchev–Trinajstić information content (AvgIpc) is 2.99. The fourth-order valence-electron chi connectivity index (χ4n) is 4.71. The first kappa shape index (κ1) is 23.5. The van der Waals surface area contributed by atoms with Crippen LogP contribution in [0.5, 0.6) is 0 Å². The first-order chi connectivity index (χ1) is 16.4. The molecule has 1 spiro atoms. The number of carbonyl (C=O) groups excluding carboxylic acids is 4. The molecule has 2 aromatic rings. The van der Waals surface area contributed by atoms with Gasteiger partial charge in [0.25, 0.3) is 11.8 Å². The molecule has 0 bridgehead atoms. The molecule has 2 aromatic carbocycles. The topological polar surface area (TPSA) is 108 Å². The van der Waals surface area contributed by atoms with Gasteiger partial charge in [-0.1, -0.05) is 68.1 Å². The molecule has 0 radical (unpaired) electrons. The van der Waals surface area contributed by atoms with Crippen molar-refractivity contribution in [1.29, 1.82) is 0 Å². The van der Waals surface area contributed by atoms with Crippen LogP contribution < -0.4 is 16.0 Å². The highest BCUT2D eigenvalue weighted by atomic mass is 16.2. The van der Waals surface area contributed by atoms with Crippen LogP contribution in [0.1, 0.15) is 67.4 Å². The monoisotopic (exact) mass is 462 g/mol. The van der Waals surface area contributed by atoms with Gasteiger partial charge in [-0.2, -0.15) is 0 Å². The zero-order chi connectivity index (χ0) is 24.1. The van der Waals surface area contributed by atoms with Crippen LogP contribution in [0.25, 0.3) is 0 Å². The number of hydrogen-bond donors (Lipinski definition) is 3. The Morgan fingerprint density at radius 1 is 0.971 bits per heavy atom. The Morgan fingerprint density at radius 2 is 1.62 bits per heavy atom. The van der Waals surface area contributed by atoms with E-state index in [2.05, 4.69) is 16.0 Å². The lowest BCUT2D eigenvalue weighted by Gasteiger charge is -2.24. The lowest BCUT2D eigenvalue weighted by Crippen LogP contribution is -2.47. The number of hydrogen-bond acceptors (Lipinski definition) is 4. The van der Waals surface area contributed by atoms with Crippen LogP contribution in [0.3, 0.4) is 0 Å². The van der Waals surface area contributed by atoms with E-state index in [1.165, 1.54) is 0 Å². The third-order valence-electron chi connectivity index (χ3n) is 6.60. The fraction of sp³-hybridized carbons (Fsp3) is 0.385. The van der Waals surface area contributed by atoms with E-state index in [9.17, 15) is 19.2 Å². The predicted octanol–water partition coefficient (Wildman–Crippen LogP) is 3.76. The van der Waals surface area contributed by atoms with Gasteiger partial charge in [-0.05, 0) is 37.5 Å². The van der Waals surface area contributed by atoms with Gasteiger partial charge in [-0.25, -0.2) is 4.79 Å². The van der Waals surface area contributed by atoms with Gasteiger partial charge >= 0.3 is 6.03 Å². The fourth-order valence-corrected chi connectivity index (χ4v) is 4.71. The smallest absolute Gasteiger partial charge is 0.325 e. The Hall–Kier alpha value is -3.68. The number of urea groups is 1. The Morgan fingerprint density at radius 3 is 2.32 bits per heavy atom. The number of nitrogens with zero attached hydrogens (tertiary/aromatic N) is 1. The highest BCUT2D eigenvalue weighted by Crippen LogP contribution is 2.32. The summed E-state index contributed by atoms with van der Waals surface area (Å²) in [6.45, 7) is 1.48. The minimum Gasteiger partial charge on any atom is -0.345 e. The van der Waals surface area contributed by atoms with E-state index >= 15 is 0 Å². The van der Waals surface area contributed by atoms with Crippen molar-refractivity contribution in [2.45, 2.75) is 57.0 Å².